The molecule has 0 heterocycles. The van der Waals surface area contributed by atoms with E-state index in [1.54, 1.807) is 12.1 Å². The summed E-state index contributed by atoms with van der Waals surface area (Å²) in [4.78, 5) is 25.5. The van der Waals surface area contributed by atoms with Crippen molar-refractivity contribution in [1.29, 1.82) is 0 Å². The first kappa shape index (κ1) is 17.0. The van der Waals surface area contributed by atoms with Crippen molar-refractivity contribution in [1.82, 2.24) is 0 Å². The van der Waals surface area contributed by atoms with Gasteiger partial charge in [0.1, 0.15) is 6.54 Å². The molecule has 0 aliphatic heterocycles. The molecule has 2 amide bonds. The quantitative estimate of drug-likeness (QED) is 0.922. The van der Waals surface area contributed by atoms with Crippen LogP contribution in [0.2, 0.25) is 5.02 Å². The maximum atomic E-state index is 12.2. The molecular weight excluding hydrogens is 312 g/mol. The van der Waals surface area contributed by atoms with Crippen LogP contribution in [0, 0.1) is 13.8 Å². The molecule has 0 radical (unpaired) electrons. The maximum Gasteiger partial charge on any atom is 0.244 e. The van der Waals surface area contributed by atoms with Crippen LogP contribution >= 0.6 is 11.6 Å². The highest BCUT2D eigenvalue weighted by molar-refractivity contribution is 6.31. The molecule has 0 saturated carbocycles. The molecule has 5 heteroatoms. The van der Waals surface area contributed by atoms with Crippen LogP contribution in [0.4, 0.5) is 11.4 Å². The van der Waals surface area contributed by atoms with Gasteiger partial charge in [-0.05, 0) is 43.7 Å². The number of anilines is 2. The van der Waals surface area contributed by atoms with Crippen molar-refractivity contribution in [3.05, 3.63) is 58.6 Å². The first-order chi connectivity index (χ1) is 10.9. The Balaban J connectivity index is 2.10. The summed E-state index contributed by atoms with van der Waals surface area (Å²) in [6, 6.07) is 12.8. The molecule has 1 N–H and O–H groups in total. The molecule has 0 bridgehead atoms. The molecule has 0 fully saturated rings. The molecule has 0 spiro atoms. The number of rotatable bonds is 4. The average Bonchev–Trinajstić information content (AvgIpc) is 2.49. The lowest BCUT2D eigenvalue weighted by Gasteiger charge is -2.21. The predicted molar refractivity (Wildman–Crippen MR) is 94.0 cm³/mol. The van der Waals surface area contributed by atoms with Gasteiger partial charge >= 0.3 is 0 Å². The van der Waals surface area contributed by atoms with Crippen LogP contribution in [0.1, 0.15) is 18.1 Å². The van der Waals surface area contributed by atoms with Crippen molar-refractivity contribution in [3.63, 3.8) is 0 Å². The monoisotopic (exact) mass is 330 g/mol. The third kappa shape index (κ3) is 4.57. The SMILES string of the molecule is CC(=O)N(CC(=O)Nc1ccc(C)c(Cl)c1)c1ccc(C)cc1. The standard InChI is InChI=1S/C18H19ClN2O2/c1-12-4-8-16(9-5-12)21(14(3)22)11-18(23)20-15-7-6-13(2)17(19)10-15/h4-10H,11H2,1-3H3,(H,20,23). The zero-order valence-corrected chi connectivity index (χ0v) is 14.1. The van der Waals surface area contributed by atoms with Crippen molar-refractivity contribution in [3.8, 4) is 0 Å². The molecule has 0 atom stereocenters. The van der Waals surface area contributed by atoms with E-state index in [1.807, 2.05) is 44.2 Å². The fraction of sp³-hybridized carbons (Fsp3) is 0.222. The number of hydrogen-bond donors (Lipinski definition) is 1. The van der Waals surface area contributed by atoms with Crippen LogP contribution in [0.15, 0.2) is 42.5 Å². The third-order valence-corrected chi connectivity index (χ3v) is 3.89. The second-order valence-corrected chi connectivity index (χ2v) is 5.86. The van der Waals surface area contributed by atoms with Crippen molar-refractivity contribution in [2.45, 2.75) is 20.8 Å². The third-order valence-electron chi connectivity index (χ3n) is 3.48. The fourth-order valence-electron chi connectivity index (χ4n) is 2.12. The van der Waals surface area contributed by atoms with E-state index in [9.17, 15) is 9.59 Å². The summed E-state index contributed by atoms with van der Waals surface area (Å²) in [6.45, 7) is 5.25. The largest absolute Gasteiger partial charge is 0.324 e. The summed E-state index contributed by atoms with van der Waals surface area (Å²) in [5.74, 6) is -0.466. The van der Waals surface area contributed by atoms with E-state index >= 15 is 0 Å². The summed E-state index contributed by atoms with van der Waals surface area (Å²) in [7, 11) is 0. The van der Waals surface area contributed by atoms with Gasteiger partial charge in [-0.15, -0.1) is 0 Å². The Morgan fingerprint density at radius 2 is 1.74 bits per heavy atom. The first-order valence-electron chi connectivity index (χ1n) is 7.27. The number of hydrogen-bond acceptors (Lipinski definition) is 2. The number of nitrogens with one attached hydrogen (secondary N) is 1. The van der Waals surface area contributed by atoms with Crippen molar-refractivity contribution in [2.75, 3.05) is 16.8 Å². The van der Waals surface area contributed by atoms with Crippen LogP contribution in [-0.4, -0.2) is 18.4 Å². The second-order valence-electron chi connectivity index (χ2n) is 5.45. The highest BCUT2D eigenvalue weighted by Gasteiger charge is 2.16. The Morgan fingerprint density at radius 1 is 1.09 bits per heavy atom. The molecule has 0 saturated heterocycles. The zero-order chi connectivity index (χ0) is 17.0. The van der Waals surface area contributed by atoms with Crippen LogP contribution in [0.25, 0.3) is 0 Å². The van der Waals surface area contributed by atoms with Gasteiger partial charge in [0.2, 0.25) is 11.8 Å². The number of carbonyl (C=O) groups excluding carboxylic acids is 2. The van der Waals surface area contributed by atoms with Crippen LogP contribution < -0.4 is 10.2 Å². The molecule has 2 aromatic rings. The molecule has 23 heavy (non-hydrogen) atoms. The van der Waals surface area contributed by atoms with E-state index in [2.05, 4.69) is 5.32 Å². The minimum Gasteiger partial charge on any atom is -0.324 e. The molecule has 0 aliphatic carbocycles. The highest BCUT2D eigenvalue weighted by atomic mass is 35.5. The van der Waals surface area contributed by atoms with Gasteiger partial charge < -0.3 is 10.2 Å². The van der Waals surface area contributed by atoms with Gasteiger partial charge in [0.05, 0.1) is 0 Å². The highest BCUT2D eigenvalue weighted by Crippen LogP contribution is 2.20. The smallest absolute Gasteiger partial charge is 0.244 e. The lowest BCUT2D eigenvalue weighted by atomic mass is 10.2. The van der Waals surface area contributed by atoms with E-state index in [0.29, 0.717) is 16.4 Å². The fourth-order valence-corrected chi connectivity index (χ4v) is 2.30. The Bertz CT molecular complexity index is 726. The van der Waals surface area contributed by atoms with Gasteiger partial charge in [0.25, 0.3) is 0 Å². The number of amides is 2. The van der Waals surface area contributed by atoms with E-state index in [0.717, 1.165) is 11.1 Å². The molecule has 4 nitrogen and oxygen atoms in total. The second kappa shape index (κ2) is 7.29. The summed E-state index contributed by atoms with van der Waals surface area (Å²) < 4.78 is 0. The average molecular weight is 331 g/mol. The molecule has 2 aromatic carbocycles. The van der Waals surface area contributed by atoms with Gasteiger partial charge in [0.15, 0.2) is 0 Å². The van der Waals surface area contributed by atoms with E-state index < -0.39 is 0 Å². The lowest BCUT2D eigenvalue weighted by Crippen LogP contribution is -2.36. The van der Waals surface area contributed by atoms with E-state index in [1.165, 1.54) is 11.8 Å². The van der Waals surface area contributed by atoms with Crippen LogP contribution in [-0.2, 0) is 9.59 Å². The van der Waals surface area contributed by atoms with Crippen molar-refractivity contribution in [2.24, 2.45) is 0 Å². The Morgan fingerprint density at radius 3 is 2.30 bits per heavy atom. The van der Waals surface area contributed by atoms with Gasteiger partial charge in [0, 0.05) is 23.3 Å². The van der Waals surface area contributed by atoms with Crippen LogP contribution in [0.3, 0.4) is 0 Å². The van der Waals surface area contributed by atoms with E-state index in [4.69, 9.17) is 11.6 Å². The van der Waals surface area contributed by atoms with Gasteiger partial charge in [-0.1, -0.05) is 35.4 Å². The van der Waals surface area contributed by atoms with Gasteiger partial charge in [-0.3, -0.25) is 9.59 Å². The number of aryl methyl sites for hydroxylation is 2. The number of carbonyl (C=O) groups is 2. The molecule has 0 aromatic heterocycles. The van der Waals surface area contributed by atoms with Crippen molar-refractivity contribution >= 4 is 34.8 Å². The molecule has 120 valence electrons. The maximum absolute atomic E-state index is 12.2. The van der Waals surface area contributed by atoms with Gasteiger partial charge in [-0.25, -0.2) is 0 Å². The summed E-state index contributed by atoms with van der Waals surface area (Å²) in [6.07, 6.45) is 0. The molecule has 0 unspecified atom stereocenters. The molecule has 2 rings (SSSR count). The lowest BCUT2D eigenvalue weighted by molar-refractivity contribution is -0.120. The first-order valence-corrected chi connectivity index (χ1v) is 7.65. The summed E-state index contributed by atoms with van der Waals surface area (Å²) in [5, 5.41) is 3.35. The Kier molecular flexibility index (Phi) is 5.40. The molecular formula is C18H19ClN2O2. The van der Waals surface area contributed by atoms with Crippen LogP contribution in [0.5, 0.6) is 0 Å². The zero-order valence-electron chi connectivity index (χ0n) is 13.4. The minimum atomic E-state index is -0.277. The Hall–Kier alpha value is -2.33. The predicted octanol–water partition coefficient (Wildman–Crippen LogP) is 3.95. The summed E-state index contributed by atoms with van der Waals surface area (Å²) in [5.41, 5.74) is 3.34. The minimum absolute atomic E-state index is 0.0517. The number of nitrogens with zero attached hydrogens (tertiary/aromatic N) is 1. The number of halogens is 1. The van der Waals surface area contributed by atoms with E-state index in [-0.39, 0.29) is 18.4 Å². The Labute approximate surface area is 141 Å². The molecule has 0 aliphatic rings. The topological polar surface area (TPSA) is 49.4 Å². The number of benzene rings is 2. The van der Waals surface area contributed by atoms with Crippen molar-refractivity contribution < 1.29 is 9.59 Å². The normalized spacial score (nSPS) is 10.3. The summed E-state index contributed by atoms with van der Waals surface area (Å²) >= 11 is 6.05. The van der Waals surface area contributed by atoms with Gasteiger partial charge in [-0.2, -0.15) is 0 Å².